The lowest BCUT2D eigenvalue weighted by molar-refractivity contribution is -0.941. The molecule has 0 amide bonds. The van der Waals surface area contributed by atoms with Gasteiger partial charge in [-0.15, -0.1) is 0 Å². The third-order valence-electron chi connectivity index (χ3n) is 14.9. The fourth-order valence-electron chi connectivity index (χ4n) is 11.0. The molecule has 4 aromatic carbocycles. The van der Waals surface area contributed by atoms with E-state index in [1.54, 1.807) is 71.1 Å². The second-order valence-corrected chi connectivity index (χ2v) is 19.3. The summed E-state index contributed by atoms with van der Waals surface area (Å²) in [4.78, 5) is 25.8. The normalized spacial score (nSPS) is 18.3. The number of halogens is 2. The molecule has 2 aliphatic rings. The van der Waals surface area contributed by atoms with Crippen LogP contribution in [-0.2, 0) is 38.3 Å². The summed E-state index contributed by atoms with van der Waals surface area (Å²) in [5.41, 5.74) is 6.81. The number of rotatable bonds is 28. The van der Waals surface area contributed by atoms with E-state index in [-0.39, 0.29) is 48.8 Å². The number of likely N-dealkylation sites (N-methyl/N-ethyl adjacent to an activating group) is 2. The molecule has 6 rings (SSSR count). The van der Waals surface area contributed by atoms with Crippen LogP contribution in [0, 0.1) is 0 Å². The van der Waals surface area contributed by atoms with Gasteiger partial charge in [0.15, 0.2) is 46.0 Å². The maximum Gasteiger partial charge on any atom is 0.305 e. The van der Waals surface area contributed by atoms with Crippen molar-refractivity contribution in [1.82, 2.24) is 0 Å². The fourth-order valence-corrected chi connectivity index (χ4v) is 11.0. The molecule has 4 aromatic rings. The lowest BCUT2D eigenvalue weighted by Gasteiger charge is -2.46. The van der Waals surface area contributed by atoms with Gasteiger partial charge < -0.3 is 90.6 Å². The Kier molecular flexibility index (Phi) is 23.9. The van der Waals surface area contributed by atoms with Crippen molar-refractivity contribution in [3.05, 3.63) is 81.9 Å². The molecule has 18 heteroatoms. The SMILES string of the molecule is COc1cc2c(cc1OC)[C@H](c1cc(OC)c(OC)c(OC)c1)[N@@+](C)(CCCOC(=O)CCCCCCC(=O)OCCC[N@+]1(C)CCc3cc(OC)c(OC)cc3[C@H]1Cc1cc(OC)c(OC)c(OC)c1)CC2.[Cl-].[Cl-]. The van der Waals surface area contributed by atoms with E-state index in [0.29, 0.717) is 120 Å². The number of ether oxygens (including phenoxy) is 12. The van der Waals surface area contributed by atoms with Crippen LogP contribution in [-0.4, -0.2) is 145 Å². The van der Waals surface area contributed by atoms with Crippen molar-refractivity contribution in [2.75, 3.05) is 125 Å². The van der Waals surface area contributed by atoms with E-state index >= 15 is 0 Å². The molecule has 0 fully saturated rings. The number of hydrogen-bond acceptors (Lipinski definition) is 14. The maximum atomic E-state index is 12.9. The molecule has 0 radical (unpaired) electrons. The molecule has 0 N–H and O–H groups in total. The van der Waals surface area contributed by atoms with Crippen molar-refractivity contribution < 1.29 is 100 Å². The van der Waals surface area contributed by atoms with Crippen molar-refractivity contribution in [2.24, 2.45) is 0 Å². The van der Waals surface area contributed by atoms with Crippen LogP contribution < -0.4 is 72.2 Å². The summed E-state index contributed by atoms with van der Waals surface area (Å²) in [7, 11) is 20.8. The van der Waals surface area contributed by atoms with Gasteiger partial charge in [0, 0.05) is 61.6 Å². The molecule has 2 heterocycles. The minimum atomic E-state index is -0.206. The number of methoxy groups -OCH3 is 10. The highest BCUT2D eigenvalue weighted by molar-refractivity contribution is 5.69. The van der Waals surface area contributed by atoms with Crippen LogP contribution in [0.3, 0.4) is 0 Å². The van der Waals surface area contributed by atoms with Crippen LogP contribution in [0.1, 0.15) is 96.8 Å². The van der Waals surface area contributed by atoms with Crippen LogP contribution in [0.15, 0.2) is 48.5 Å². The van der Waals surface area contributed by atoms with Gasteiger partial charge in [-0.25, -0.2) is 0 Å². The summed E-state index contributed by atoms with van der Waals surface area (Å²) < 4.78 is 70.0. The first-order valence-electron chi connectivity index (χ1n) is 25.4. The number of quaternary nitrogens is 2. The van der Waals surface area contributed by atoms with Gasteiger partial charge in [0.25, 0.3) is 0 Å². The number of esters is 2. The molecule has 4 atom stereocenters. The predicted molar refractivity (Wildman–Crippen MR) is 278 cm³/mol. The molecule has 2 aliphatic heterocycles. The Morgan fingerprint density at radius 3 is 1.28 bits per heavy atom. The van der Waals surface area contributed by atoms with E-state index in [1.807, 2.05) is 24.3 Å². The zero-order valence-corrected chi connectivity index (χ0v) is 47.7. The van der Waals surface area contributed by atoms with Gasteiger partial charge in [0.1, 0.15) is 12.1 Å². The Balaban J connectivity index is 0.00000608. The molecular weight excluding hydrogens is 1010 g/mol. The molecule has 0 aliphatic carbocycles. The summed E-state index contributed by atoms with van der Waals surface area (Å²) in [6.45, 7) is 3.98. The molecule has 16 nitrogen and oxygen atoms in total. The minimum absolute atomic E-state index is 0. The van der Waals surface area contributed by atoms with E-state index < -0.39 is 0 Å². The van der Waals surface area contributed by atoms with Crippen molar-refractivity contribution >= 4 is 11.9 Å². The monoisotopic (exact) mass is 1090 g/mol. The van der Waals surface area contributed by atoms with E-state index in [9.17, 15) is 9.59 Å². The molecule has 0 spiro atoms. The average molecular weight is 1090 g/mol. The number of nitrogens with zero attached hydrogens (tertiary/aromatic N) is 2. The fraction of sp³-hybridized carbons (Fsp3) is 0.544. The van der Waals surface area contributed by atoms with Crippen molar-refractivity contribution in [3.8, 4) is 57.5 Å². The van der Waals surface area contributed by atoms with Gasteiger partial charge in [0.2, 0.25) is 11.5 Å². The van der Waals surface area contributed by atoms with Gasteiger partial charge in [0.05, 0.1) is 125 Å². The number of benzene rings is 4. The summed E-state index contributed by atoms with van der Waals surface area (Å²) in [5, 5.41) is 0. The highest BCUT2D eigenvalue weighted by atomic mass is 35.5. The Hall–Kier alpha value is -5.68. The molecule has 416 valence electrons. The van der Waals surface area contributed by atoms with Crippen LogP contribution in [0.4, 0.5) is 0 Å². The molecule has 0 unspecified atom stereocenters. The highest BCUT2D eigenvalue weighted by Crippen LogP contribution is 2.49. The van der Waals surface area contributed by atoms with E-state index in [1.165, 1.54) is 16.7 Å². The average Bonchev–Trinajstić information content (AvgIpc) is 3.41. The summed E-state index contributed by atoms with van der Waals surface area (Å²) in [5.74, 6) is 5.81. The molecular formula is C57H80Cl2N2O14. The van der Waals surface area contributed by atoms with E-state index in [2.05, 4.69) is 38.4 Å². The Labute approximate surface area is 457 Å². The first-order chi connectivity index (χ1) is 35.3. The second-order valence-electron chi connectivity index (χ2n) is 19.3. The first kappa shape index (κ1) is 61.9. The van der Waals surface area contributed by atoms with Crippen LogP contribution in [0.25, 0.3) is 0 Å². The smallest absolute Gasteiger partial charge is 0.305 e. The number of fused-ring (bicyclic) bond motifs is 2. The topological polar surface area (TPSA) is 145 Å². The largest absolute Gasteiger partial charge is 1.00 e. The molecule has 0 aromatic heterocycles. The van der Waals surface area contributed by atoms with Gasteiger partial charge >= 0.3 is 11.9 Å². The summed E-state index contributed by atoms with van der Waals surface area (Å²) >= 11 is 0. The number of hydrogen-bond donors (Lipinski definition) is 0. The maximum absolute atomic E-state index is 12.9. The summed E-state index contributed by atoms with van der Waals surface area (Å²) in [6.07, 6.45) is 7.53. The van der Waals surface area contributed by atoms with E-state index in [0.717, 1.165) is 73.0 Å². The van der Waals surface area contributed by atoms with E-state index in [4.69, 9.17) is 56.8 Å². The zero-order valence-electron chi connectivity index (χ0n) is 46.2. The number of carbonyl (C=O) groups excluding carboxylic acids is 2. The van der Waals surface area contributed by atoms with Gasteiger partial charge in [-0.1, -0.05) is 12.8 Å². The molecule has 75 heavy (non-hydrogen) atoms. The van der Waals surface area contributed by atoms with Gasteiger partial charge in [-0.2, -0.15) is 0 Å². The quantitative estimate of drug-likeness (QED) is 0.0467. The van der Waals surface area contributed by atoms with Crippen LogP contribution >= 0.6 is 0 Å². The zero-order chi connectivity index (χ0) is 52.7. The standard InChI is InChI=1S/C57H80N2O14.2ClH/c1-58(25-21-39-32-45(62-3)47(64-5)36-42(39)44(58)29-38-30-49(66-7)56(70-11)50(31-38)67-8)23-17-27-72-53(60)19-15-13-14-16-20-54(61)73-28-18-24-59(2)26-22-40-33-46(63-4)48(65-6)37-43(40)55(59)41-34-51(68-9)57(71-12)52(35-41)69-10;;/h30-37,44,55H,13-29H2,1-12H3;2*1H/q+2;;/p-2/t44-,55+,58-,59+;;/m1../s1. The Bertz CT molecular complexity index is 2460. The van der Waals surface area contributed by atoms with Crippen molar-refractivity contribution in [2.45, 2.75) is 82.7 Å². The third kappa shape index (κ3) is 14.6. The molecule has 0 saturated heterocycles. The van der Waals surface area contributed by atoms with Crippen LogP contribution in [0.2, 0.25) is 0 Å². The predicted octanol–water partition coefficient (Wildman–Crippen LogP) is 3.07. The minimum Gasteiger partial charge on any atom is -1.00 e. The lowest BCUT2D eigenvalue weighted by atomic mass is 9.85. The van der Waals surface area contributed by atoms with Gasteiger partial charge in [-0.05, 0) is 78.1 Å². The Morgan fingerprint density at radius 2 is 0.840 bits per heavy atom. The number of unbranched alkanes of at least 4 members (excludes halogenated alkanes) is 3. The van der Waals surface area contributed by atoms with Crippen molar-refractivity contribution in [3.63, 3.8) is 0 Å². The number of carbonyl (C=O) groups is 2. The lowest BCUT2D eigenvalue weighted by Crippen LogP contribution is -3.00. The second kappa shape index (κ2) is 29.0. The summed E-state index contributed by atoms with van der Waals surface area (Å²) in [6, 6.07) is 16.4. The third-order valence-corrected chi connectivity index (χ3v) is 14.9. The van der Waals surface area contributed by atoms with Crippen LogP contribution in [0.5, 0.6) is 57.5 Å². The molecule has 0 bridgehead atoms. The highest BCUT2D eigenvalue weighted by Gasteiger charge is 2.43. The van der Waals surface area contributed by atoms with Crippen molar-refractivity contribution in [1.29, 1.82) is 0 Å². The van der Waals surface area contributed by atoms with Gasteiger partial charge in [-0.3, -0.25) is 9.59 Å². The Morgan fingerprint density at radius 1 is 0.453 bits per heavy atom. The first-order valence-corrected chi connectivity index (χ1v) is 25.4. The molecule has 0 saturated carbocycles.